The van der Waals surface area contributed by atoms with Gasteiger partial charge in [-0.25, -0.2) is 8.42 Å². The molecule has 0 bridgehead atoms. The minimum atomic E-state index is -3.29. The van der Waals surface area contributed by atoms with Crippen LogP contribution in [0.4, 0.5) is 5.69 Å². The molecule has 86 valence electrons. The molecule has 0 saturated heterocycles. The number of aryl methyl sites for hydroxylation is 1. The number of nitrogens with one attached hydrogen (secondary N) is 1. The first-order valence-corrected chi connectivity index (χ1v) is 6.93. The summed E-state index contributed by atoms with van der Waals surface area (Å²) in [6, 6.07) is 6.15. The van der Waals surface area contributed by atoms with Crippen LogP contribution in [0.1, 0.15) is 18.4 Å². The molecule has 16 heavy (non-hydrogen) atoms. The fourth-order valence-electron chi connectivity index (χ4n) is 2.10. The number of hydrogen-bond acceptors (Lipinski definition) is 3. The largest absolute Gasteiger partial charge is 0.354 e. The van der Waals surface area contributed by atoms with E-state index in [1.54, 1.807) is 6.07 Å². The number of nitrogens with zero attached hydrogens (tertiary/aromatic N) is 1. The van der Waals surface area contributed by atoms with E-state index in [-0.39, 0.29) is 0 Å². The second kappa shape index (κ2) is 3.21. The second-order valence-electron chi connectivity index (χ2n) is 4.48. The van der Waals surface area contributed by atoms with Crippen LogP contribution in [0.5, 0.6) is 0 Å². The molecule has 1 aliphatic carbocycles. The minimum absolute atomic E-state index is 0.406. The predicted molar refractivity (Wildman–Crippen MR) is 61.9 cm³/mol. The Hall–Kier alpha value is -1.07. The summed E-state index contributed by atoms with van der Waals surface area (Å²) in [5.41, 5.74) is 1.83. The average molecular weight is 238 g/mol. The fraction of sp³-hybridized carbons (Fsp3) is 0.455. The Morgan fingerprint density at radius 1 is 1.38 bits per heavy atom. The molecule has 0 aromatic heterocycles. The van der Waals surface area contributed by atoms with Crippen molar-refractivity contribution < 1.29 is 8.42 Å². The summed E-state index contributed by atoms with van der Waals surface area (Å²) in [6.07, 6.45) is 2.32. The van der Waals surface area contributed by atoms with Gasteiger partial charge >= 0.3 is 0 Å². The summed E-state index contributed by atoms with van der Waals surface area (Å²) >= 11 is 0. The fourth-order valence-corrected chi connectivity index (χ4v) is 3.37. The molecule has 1 aliphatic heterocycles. The lowest BCUT2D eigenvalue weighted by molar-refractivity contribution is 0.570. The predicted octanol–water partition coefficient (Wildman–Crippen LogP) is 1.21. The van der Waals surface area contributed by atoms with Crippen molar-refractivity contribution in [2.45, 2.75) is 30.7 Å². The van der Waals surface area contributed by atoms with Crippen LogP contribution in [0.2, 0.25) is 0 Å². The van der Waals surface area contributed by atoms with Gasteiger partial charge in [0.05, 0.1) is 12.4 Å². The second-order valence-corrected chi connectivity index (χ2v) is 6.21. The normalized spacial score (nSPS) is 22.9. The molecule has 1 N–H and O–H groups in total. The third-order valence-electron chi connectivity index (χ3n) is 3.13. The molecule has 1 saturated carbocycles. The monoisotopic (exact) mass is 238 g/mol. The SMILES string of the molecule is Cc1ccc2c(c1)S(=O)(=O)NCN2C1CC1. The molecule has 1 fully saturated rings. The number of rotatable bonds is 1. The van der Waals surface area contributed by atoms with Crippen molar-refractivity contribution in [1.82, 2.24) is 4.72 Å². The first kappa shape index (κ1) is 10.1. The highest BCUT2D eigenvalue weighted by molar-refractivity contribution is 7.89. The molecule has 1 heterocycles. The third kappa shape index (κ3) is 1.51. The zero-order valence-corrected chi connectivity index (χ0v) is 9.92. The van der Waals surface area contributed by atoms with Crippen LogP contribution in [-0.4, -0.2) is 21.1 Å². The summed E-state index contributed by atoms with van der Waals surface area (Å²) in [6.45, 7) is 2.31. The van der Waals surface area contributed by atoms with E-state index < -0.39 is 10.0 Å². The van der Waals surface area contributed by atoms with E-state index >= 15 is 0 Å². The van der Waals surface area contributed by atoms with Crippen molar-refractivity contribution in [2.24, 2.45) is 0 Å². The lowest BCUT2D eigenvalue weighted by Crippen LogP contribution is -2.44. The summed E-state index contributed by atoms with van der Waals surface area (Å²) in [7, 11) is -3.29. The van der Waals surface area contributed by atoms with Crippen LogP contribution in [0.15, 0.2) is 23.1 Å². The molecule has 1 aromatic carbocycles. The van der Waals surface area contributed by atoms with Crippen LogP contribution < -0.4 is 9.62 Å². The Balaban J connectivity index is 2.17. The first-order chi connectivity index (χ1) is 7.58. The van der Waals surface area contributed by atoms with E-state index in [1.807, 2.05) is 19.1 Å². The van der Waals surface area contributed by atoms with Crippen LogP contribution in [0, 0.1) is 6.92 Å². The highest BCUT2D eigenvalue weighted by Crippen LogP contribution is 2.37. The highest BCUT2D eigenvalue weighted by Gasteiger charge is 2.36. The van der Waals surface area contributed by atoms with Gasteiger partial charge in [-0.2, -0.15) is 4.72 Å². The Bertz CT molecular complexity index is 535. The number of hydrogen-bond donors (Lipinski definition) is 1. The lowest BCUT2D eigenvalue weighted by Gasteiger charge is -2.31. The van der Waals surface area contributed by atoms with Crippen molar-refractivity contribution in [2.75, 3.05) is 11.6 Å². The molecule has 0 amide bonds. The third-order valence-corrected chi connectivity index (χ3v) is 4.54. The van der Waals surface area contributed by atoms with Gasteiger partial charge in [0, 0.05) is 6.04 Å². The summed E-state index contributed by atoms with van der Waals surface area (Å²) in [4.78, 5) is 2.57. The summed E-state index contributed by atoms with van der Waals surface area (Å²) < 4.78 is 26.4. The smallest absolute Gasteiger partial charge is 0.244 e. The van der Waals surface area contributed by atoms with Gasteiger partial charge in [-0.05, 0) is 37.5 Å². The van der Waals surface area contributed by atoms with Crippen LogP contribution in [0.25, 0.3) is 0 Å². The van der Waals surface area contributed by atoms with Crippen molar-refractivity contribution in [3.8, 4) is 0 Å². The number of anilines is 1. The molecular formula is C11H14N2O2S. The molecule has 1 aromatic rings. The maximum atomic E-state index is 11.9. The van der Waals surface area contributed by atoms with Gasteiger partial charge in [-0.3, -0.25) is 0 Å². The maximum Gasteiger partial charge on any atom is 0.244 e. The van der Waals surface area contributed by atoms with Crippen LogP contribution in [0.3, 0.4) is 0 Å². The van der Waals surface area contributed by atoms with Crippen molar-refractivity contribution in [1.29, 1.82) is 0 Å². The molecule has 0 spiro atoms. The standard InChI is InChI=1S/C11H14N2O2S/c1-8-2-5-10-11(6-8)16(14,15)12-7-13(10)9-3-4-9/h2,5-6,9,12H,3-4,7H2,1H3. The molecule has 2 aliphatic rings. The van der Waals surface area contributed by atoms with Crippen molar-refractivity contribution in [3.05, 3.63) is 23.8 Å². The minimum Gasteiger partial charge on any atom is -0.354 e. The van der Waals surface area contributed by atoms with Gasteiger partial charge in [-0.15, -0.1) is 0 Å². The van der Waals surface area contributed by atoms with E-state index in [0.29, 0.717) is 17.6 Å². The number of sulfonamides is 1. The van der Waals surface area contributed by atoms with E-state index in [9.17, 15) is 8.42 Å². The highest BCUT2D eigenvalue weighted by atomic mass is 32.2. The van der Waals surface area contributed by atoms with Crippen molar-refractivity contribution >= 4 is 15.7 Å². The Morgan fingerprint density at radius 3 is 2.81 bits per heavy atom. The maximum absolute atomic E-state index is 11.9. The average Bonchev–Trinajstić information content (AvgIpc) is 3.03. The Morgan fingerprint density at radius 2 is 2.12 bits per heavy atom. The zero-order chi connectivity index (χ0) is 11.3. The van der Waals surface area contributed by atoms with Crippen molar-refractivity contribution in [3.63, 3.8) is 0 Å². The van der Waals surface area contributed by atoms with Gasteiger partial charge in [0.1, 0.15) is 4.90 Å². The molecule has 0 radical (unpaired) electrons. The van der Waals surface area contributed by atoms with Gasteiger partial charge in [0.25, 0.3) is 0 Å². The zero-order valence-electron chi connectivity index (χ0n) is 9.10. The lowest BCUT2D eigenvalue weighted by atomic mass is 10.2. The molecule has 3 rings (SSSR count). The Labute approximate surface area is 95.3 Å². The summed E-state index contributed by atoms with van der Waals surface area (Å²) in [5, 5.41) is 0. The number of benzene rings is 1. The van der Waals surface area contributed by atoms with E-state index in [2.05, 4.69) is 9.62 Å². The van der Waals surface area contributed by atoms with E-state index in [1.165, 1.54) is 0 Å². The van der Waals surface area contributed by atoms with Gasteiger partial charge in [0.2, 0.25) is 10.0 Å². The van der Waals surface area contributed by atoms with Gasteiger partial charge < -0.3 is 4.90 Å². The quantitative estimate of drug-likeness (QED) is 0.800. The first-order valence-electron chi connectivity index (χ1n) is 5.45. The van der Waals surface area contributed by atoms with E-state index in [0.717, 1.165) is 24.1 Å². The van der Waals surface area contributed by atoms with Gasteiger partial charge in [0.15, 0.2) is 0 Å². The summed E-state index contributed by atoms with van der Waals surface area (Å²) in [5.74, 6) is 0. The van der Waals surface area contributed by atoms with Crippen LogP contribution in [-0.2, 0) is 10.0 Å². The van der Waals surface area contributed by atoms with Crippen LogP contribution >= 0.6 is 0 Å². The molecular weight excluding hydrogens is 224 g/mol. The Kier molecular flexibility index (Phi) is 2.03. The molecule has 0 unspecified atom stereocenters. The number of fused-ring (bicyclic) bond motifs is 1. The topological polar surface area (TPSA) is 49.4 Å². The van der Waals surface area contributed by atoms with E-state index in [4.69, 9.17) is 0 Å². The molecule has 5 heteroatoms. The molecule has 0 atom stereocenters. The molecule has 4 nitrogen and oxygen atoms in total. The van der Waals surface area contributed by atoms with Gasteiger partial charge in [-0.1, -0.05) is 6.07 Å².